The number of imidazole rings is 1. The van der Waals surface area contributed by atoms with Crippen molar-refractivity contribution in [1.82, 2.24) is 9.55 Å². The molecule has 4 nitrogen and oxygen atoms in total. The monoisotopic (exact) mass is 381 g/mol. The van der Waals surface area contributed by atoms with E-state index in [1.807, 2.05) is 36.4 Å². The molecule has 0 fully saturated rings. The van der Waals surface area contributed by atoms with Crippen molar-refractivity contribution in [3.8, 4) is 22.9 Å². The van der Waals surface area contributed by atoms with E-state index in [1.165, 1.54) is 5.56 Å². The van der Waals surface area contributed by atoms with Crippen molar-refractivity contribution >= 4 is 11.0 Å². The molecule has 0 aliphatic carbocycles. The second kappa shape index (κ2) is 8.20. The van der Waals surface area contributed by atoms with Crippen LogP contribution in [0.25, 0.3) is 22.2 Å². The van der Waals surface area contributed by atoms with Gasteiger partial charge in [-0.3, -0.25) is 0 Å². The second-order valence-electron chi connectivity index (χ2n) is 7.05. The van der Waals surface area contributed by atoms with Crippen molar-refractivity contribution in [3.05, 3.63) is 83.7 Å². The largest absolute Gasteiger partial charge is 0.494 e. The lowest BCUT2D eigenvalue weighted by molar-refractivity contribution is 0.419. The first-order chi connectivity index (χ1) is 14.2. The average molecular weight is 381 g/mol. The second-order valence-corrected chi connectivity index (χ2v) is 7.05. The molecule has 0 saturated carbocycles. The number of aryl methyl sites for hydroxylation is 1. The van der Waals surface area contributed by atoms with Crippen LogP contribution in [0, 0.1) is 11.3 Å². The summed E-state index contributed by atoms with van der Waals surface area (Å²) in [6.07, 6.45) is 1.96. The number of fused-ring (bicyclic) bond motifs is 1. The molecule has 144 valence electrons. The topological polar surface area (TPSA) is 50.8 Å². The fourth-order valence-corrected chi connectivity index (χ4v) is 3.73. The fourth-order valence-electron chi connectivity index (χ4n) is 3.73. The van der Waals surface area contributed by atoms with Crippen molar-refractivity contribution in [3.63, 3.8) is 0 Å². The van der Waals surface area contributed by atoms with E-state index < -0.39 is 0 Å². The van der Waals surface area contributed by atoms with Gasteiger partial charge in [0.05, 0.1) is 24.3 Å². The number of hydrogen-bond acceptors (Lipinski definition) is 3. The Kier molecular flexibility index (Phi) is 5.31. The van der Waals surface area contributed by atoms with E-state index in [2.05, 4.69) is 47.9 Å². The molecule has 0 amide bonds. The lowest BCUT2D eigenvalue weighted by Crippen LogP contribution is -2.05. The molecule has 4 heteroatoms. The van der Waals surface area contributed by atoms with E-state index >= 15 is 0 Å². The highest BCUT2D eigenvalue weighted by molar-refractivity contribution is 5.82. The van der Waals surface area contributed by atoms with Gasteiger partial charge in [0.15, 0.2) is 0 Å². The lowest BCUT2D eigenvalue weighted by atomic mass is 9.99. The van der Waals surface area contributed by atoms with Gasteiger partial charge in [0.25, 0.3) is 0 Å². The van der Waals surface area contributed by atoms with E-state index in [-0.39, 0.29) is 0 Å². The Balaban J connectivity index is 1.70. The summed E-state index contributed by atoms with van der Waals surface area (Å²) in [5.74, 6) is 1.88. The molecule has 4 rings (SSSR count). The number of nitriles is 1. The third-order valence-electron chi connectivity index (χ3n) is 5.17. The molecule has 0 aliphatic rings. The predicted octanol–water partition coefficient (Wildman–Crippen LogP) is 5.58. The maximum Gasteiger partial charge on any atom is 0.146 e. The Morgan fingerprint density at radius 1 is 1.00 bits per heavy atom. The van der Waals surface area contributed by atoms with E-state index in [9.17, 15) is 5.26 Å². The minimum Gasteiger partial charge on any atom is -0.494 e. The minimum atomic E-state index is 0.693. The Hall–Kier alpha value is -3.58. The highest BCUT2D eigenvalue weighted by atomic mass is 16.5. The van der Waals surface area contributed by atoms with Crippen LogP contribution in [0.4, 0.5) is 0 Å². The number of aromatic nitrogens is 2. The van der Waals surface area contributed by atoms with Crippen LogP contribution in [0.1, 0.15) is 30.3 Å². The normalized spacial score (nSPS) is 10.8. The first-order valence-electron chi connectivity index (χ1n) is 9.85. The lowest BCUT2D eigenvalue weighted by Gasteiger charge is -2.11. The van der Waals surface area contributed by atoms with Gasteiger partial charge in [-0.2, -0.15) is 5.26 Å². The van der Waals surface area contributed by atoms with Crippen molar-refractivity contribution in [2.75, 3.05) is 7.11 Å². The molecule has 0 saturated heterocycles. The number of rotatable bonds is 6. The summed E-state index contributed by atoms with van der Waals surface area (Å²) in [4.78, 5) is 4.86. The van der Waals surface area contributed by atoms with E-state index in [0.717, 1.165) is 53.1 Å². The maximum absolute atomic E-state index is 9.36. The van der Waals surface area contributed by atoms with Crippen LogP contribution in [-0.4, -0.2) is 16.7 Å². The summed E-state index contributed by atoms with van der Waals surface area (Å²) in [7, 11) is 1.69. The predicted molar refractivity (Wildman–Crippen MR) is 116 cm³/mol. The molecule has 4 aromatic rings. The fraction of sp³-hybridized carbons (Fsp3) is 0.200. The van der Waals surface area contributed by atoms with E-state index in [4.69, 9.17) is 9.72 Å². The van der Waals surface area contributed by atoms with Crippen molar-refractivity contribution in [2.24, 2.45) is 0 Å². The zero-order valence-corrected chi connectivity index (χ0v) is 16.7. The molecule has 1 aromatic heterocycles. The first-order valence-corrected chi connectivity index (χ1v) is 9.85. The number of ether oxygens (including phenoxy) is 1. The van der Waals surface area contributed by atoms with E-state index in [0.29, 0.717) is 5.56 Å². The zero-order chi connectivity index (χ0) is 20.2. The quantitative estimate of drug-likeness (QED) is 0.438. The summed E-state index contributed by atoms with van der Waals surface area (Å²) in [5.41, 5.74) is 5.91. The third kappa shape index (κ3) is 3.60. The van der Waals surface area contributed by atoms with Crippen LogP contribution in [0.3, 0.4) is 0 Å². The van der Waals surface area contributed by atoms with Gasteiger partial charge in [0, 0.05) is 13.0 Å². The van der Waals surface area contributed by atoms with Gasteiger partial charge in [-0.05, 0) is 41.3 Å². The molecule has 0 N–H and O–H groups in total. The highest BCUT2D eigenvalue weighted by Gasteiger charge is 2.14. The Bertz CT molecular complexity index is 1180. The van der Waals surface area contributed by atoms with Crippen LogP contribution in [0.5, 0.6) is 5.75 Å². The van der Waals surface area contributed by atoms with Gasteiger partial charge < -0.3 is 9.30 Å². The van der Waals surface area contributed by atoms with Crippen molar-refractivity contribution in [1.29, 1.82) is 5.26 Å². The van der Waals surface area contributed by atoms with Crippen LogP contribution in [-0.2, 0) is 13.0 Å². The van der Waals surface area contributed by atoms with Crippen LogP contribution in [0.2, 0.25) is 0 Å². The highest BCUT2D eigenvalue weighted by Crippen LogP contribution is 2.28. The number of methoxy groups -OCH3 is 1. The van der Waals surface area contributed by atoms with Gasteiger partial charge in [-0.1, -0.05) is 55.5 Å². The van der Waals surface area contributed by atoms with Gasteiger partial charge in [-0.25, -0.2) is 4.98 Å². The summed E-state index contributed by atoms with van der Waals surface area (Å²) in [6, 6.07) is 24.5. The molecule has 0 unspecified atom stereocenters. The molecular weight excluding hydrogens is 358 g/mol. The van der Waals surface area contributed by atoms with E-state index in [1.54, 1.807) is 7.11 Å². The molecule has 0 aliphatic heterocycles. The molecule has 1 heterocycles. The van der Waals surface area contributed by atoms with Crippen LogP contribution < -0.4 is 4.74 Å². The molecule has 0 bridgehead atoms. The zero-order valence-electron chi connectivity index (χ0n) is 16.7. The van der Waals surface area contributed by atoms with Crippen LogP contribution in [0.15, 0.2) is 66.7 Å². The third-order valence-corrected chi connectivity index (χ3v) is 5.17. The number of hydrogen-bond donors (Lipinski definition) is 0. The number of benzene rings is 3. The summed E-state index contributed by atoms with van der Waals surface area (Å²) in [5, 5.41) is 9.36. The molecule has 0 spiro atoms. The molecule has 0 atom stereocenters. The number of nitrogens with zero attached hydrogens (tertiary/aromatic N) is 3. The van der Waals surface area contributed by atoms with Gasteiger partial charge in [-0.15, -0.1) is 0 Å². The minimum absolute atomic E-state index is 0.693. The van der Waals surface area contributed by atoms with Crippen LogP contribution >= 0.6 is 0 Å². The van der Waals surface area contributed by atoms with Crippen molar-refractivity contribution < 1.29 is 4.74 Å². The smallest absolute Gasteiger partial charge is 0.146 e. The number of para-hydroxylation sites is 1. The van der Waals surface area contributed by atoms with Gasteiger partial charge in [0.2, 0.25) is 0 Å². The summed E-state index contributed by atoms with van der Waals surface area (Å²) >= 11 is 0. The molecule has 29 heavy (non-hydrogen) atoms. The van der Waals surface area contributed by atoms with Gasteiger partial charge >= 0.3 is 0 Å². The van der Waals surface area contributed by atoms with Gasteiger partial charge in [0.1, 0.15) is 17.1 Å². The average Bonchev–Trinajstić information content (AvgIpc) is 3.11. The Morgan fingerprint density at radius 3 is 2.52 bits per heavy atom. The SMILES string of the molecule is CCCc1nc2c(OC)cccc2n1Cc1ccc(-c2ccccc2C#N)cc1. The standard InChI is InChI=1S/C25H23N3O/c1-3-7-24-27-25-22(10-6-11-23(25)29-2)28(24)17-18-12-14-19(15-13-18)21-9-5-4-8-20(21)16-26/h4-6,8-15H,3,7,17H2,1-2H3. The molecular formula is C25H23N3O. The maximum atomic E-state index is 9.36. The van der Waals surface area contributed by atoms with Crippen molar-refractivity contribution in [2.45, 2.75) is 26.3 Å². The Labute approximate surface area is 171 Å². The summed E-state index contributed by atoms with van der Waals surface area (Å²) in [6.45, 7) is 2.92. The Morgan fingerprint density at radius 2 is 1.79 bits per heavy atom. The molecule has 3 aromatic carbocycles. The first kappa shape index (κ1) is 18.8. The molecule has 0 radical (unpaired) electrons. The summed E-state index contributed by atoms with van der Waals surface area (Å²) < 4.78 is 7.79.